The van der Waals surface area contributed by atoms with E-state index >= 15 is 0 Å². The van der Waals surface area contributed by atoms with Crippen molar-refractivity contribution in [3.8, 4) is 0 Å². The standard InChI is InChI=1S/C47H71ClN2O6/c1-29(2)42-36(51)24-47(39(52)28-50(23-22-49(8)9)27-31-10-12-32(48)13-11-31)21-17-35-33(43(42)47)14-15-38-45(6)20-18-37(30(3)34(45)16-19-46(35,38)7)56-41(55)26-44(4,5)25-40(53)54/h10-13,29-30,33-35,37-39,52H,14-28H2,1-9H3,(H,53,54). The number of aliphatic hydroxyl groups is 1. The number of ketones is 1. The smallest absolute Gasteiger partial charge is 0.306 e. The largest absolute Gasteiger partial charge is 0.481 e. The number of halogens is 1. The Morgan fingerprint density at radius 3 is 2.23 bits per heavy atom. The monoisotopic (exact) mass is 795 g/mol. The van der Waals surface area contributed by atoms with E-state index in [1.165, 1.54) is 11.1 Å². The minimum Gasteiger partial charge on any atom is -0.481 e. The van der Waals surface area contributed by atoms with Crippen molar-refractivity contribution >= 4 is 29.3 Å². The fourth-order valence-corrected chi connectivity index (χ4v) is 13.6. The number of carbonyl (C=O) groups is 3. The Morgan fingerprint density at radius 1 is 0.946 bits per heavy atom. The Balaban J connectivity index is 1.23. The number of fused-ring (bicyclic) bond motifs is 7. The molecule has 4 saturated carbocycles. The van der Waals surface area contributed by atoms with E-state index in [9.17, 15) is 24.6 Å². The van der Waals surface area contributed by atoms with Gasteiger partial charge in [0, 0.05) is 43.0 Å². The zero-order valence-corrected chi connectivity index (χ0v) is 36.6. The molecular weight excluding hydrogens is 724 g/mol. The van der Waals surface area contributed by atoms with Crippen molar-refractivity contribution < 1.29 is 29.3 Å². The van der Waals surface area contributed by atoms with Crippen LogP contribution in [-0.4, -0.2) is 83.7 Å². The molecule has 0 aromatic heterocycles. The summed E-state index contributed by atoms with van der Waals surface area (Å²) < 4.78 is 6.17. The summed E-state index contributed by atoms with van der Waals surface area (Å²) >= 11 is 6.23. The first-order valence-electron chi connectivity index (χ1n) is 21.7. The molecule has 0 bridgehead atoms. The van der Waals surface area contributed by atoms with Crippen LogP contribution < -0.4 is 0 Å². The molecule has 6 rings (SSSR count). The van der Waals surface area contributed by atoms with Crippen LogP contribution in [-0.2, 0) is 25.7 Å². The molecule has 10 unspecified atom stereocenters. The van der Waals surface area contributed by atoms with Gasteiger partial charge in [0.25, 0.3) is 0 Å². The summed E-state index contributed by atoms with van der Waals surface area (Å²) in [4.78, 5) is 43.3. The van der Waals surface area contributed by atoms with Crippen molar-refractivity contribution in [1.29, 1.82) is 0 Å². The number of rotatable bonds is 14. The molecular formula is C47H71ClN2O6. The van der Waals surface area contributed by atoms with E-state index in [2.05, 4.69) is 70.6 Å². The van der Waals surface area contributed by atoms with Crippen LogP contribution in [0.15, 0.2) is 35.4 Å². The zero-order chi connectivity index (χ0) is 41.0. The molecule has 5 aliphatic rings. The molecule has 56 heavy (non-hydrogen) atoms. The van der Waals surface area contributed by atoms with Gasteiger partial charge in [0.1, 0.15) is 6.10 Å². The van der Waals surface area contributed by atoms with Gasteiger partial charge < -0.3 is 19.8 Å². The fourth-order valence-electron chi connectivity index (χ4n) is 13.4. The molecule has 312 valence electrons. The number of hydrogen-bond donors (Lipinski definition) is 2. The highest BCUT2D eigenvalue weighted by Crippen LogP contribution is 2.72. The molecule has 0 heterocycles. The molecule has 10 atom stereocenters. The summed E-state index contributed by atoms with van der Waals surface area (Å²) in [6.45, 7) is 18.3. The lowest BCUT2D eigenvalue weighted by Crippen LogP contribution is -2.61. The topological polar surface area (TPSA) is 107 Å². The number of carboxylic acid groups (broad SMARTS) is 1. The van der Waals surface area contributed by atoms with Gasteiger partial charge in [-0.05, 0) is 140 Å². The highest BCUT2D eigenvalue weighted by molar-refractivity contribution is 6.30. The third-order valence-electron chi connectivity index (χ3n) is 16.0. The minimum atomic E-state index is -0.895. The highest BCUT2D eigenvalue weighted by atomic mass is 35.5. The average Bonchev–Trinajstić information content (AvgIpc) is 3.42. The number of aliphatic hydroxyl groups excluding tert-OH is 1. The zero-order valence-electron chi connectivity index (χ0n) is 35.8. The second-order valence-electron chi connectivity index (χ2n) is 20.8. The number of allylic oxidation sites excluding steroid dienone is 1. The van der Waals surface area contributed by atoms with Crippen LogP contribution >= 0.6 is 11.6 Å². The van der Waals surface area contributed by atoms with Crippen LogP contribution in [0.3, 0.4) is 0 Å². The third-order valence-corrected chi connectivity index (χ3v) is 16.2. The molecule has 0 saturated heterocycles. The molecule has 5 aliphatic carbocycles. The van der Waals surface area contributed by atoms with Crippen LogP contribution in [0.25, 0.3) is 0 Å². The van der Waals surface area contributed by atoms with Crippen LogP contribution in [0.1, 0.15) is 125 Å². The van der Waals surface area contributed by atoms with Gasteiger partial charge in [-0.1, -0.05) is 77.8 Å². The molecule has 0 spiro atoms. The maximum atomic E-state index is 14.2. The van der Waals surface area contributed by atoms with Gasteiger partial charge in [0.05, 0.1) is 18.9 Å². The van der Waals surface area contributed by atoms with Gasteiger partial charge in [-0.25, -0.2) is 0 Å². The van der Waals surface area contributed by atoms with Crippen molar-refractivity contribution in [3.63, 3.8) is 0 Å². The average molecular weight is 796 g/mol. The Labute approximate surface area is 342 Å². The molecule has 8 nitrogen and oxygen atoms in total. The molecule has 1 aromatic rings. The Morgan fingerprint density at radius 2 is 1.59 bits per heavy atom. The predicted octanol–water partition coefficient (Wildman–Crippen LogP) is 9.07. The summed E-state index contributed by atoms with van der Waals surface area (Å²) in [5, 5.41) is 22.6. The SMILES string of the molecule is CC(C)C1=C2C3CCC4C(C)(CCC5C(C)C(OC(=O)CC(C)(C)CC(=O)O)CCC54C)C3CCC2(C(O)CN(CCN(C)C)Cc2ccc(Cl)cc2)CC1=O. The van der Waals surface area contributed by atoms with Crippen LogP contribution in [0, 0.1) is 57.2 Å². The number of hydrogen-bond acceptors (Lipinski definition) is 7. The minimum absolute atomic E-state index is 0.0607. The van der Waals surface area contributed by atoms with E-state index in [0.29, 0.717) is 41.7 Å². The number of nitrogens with zero attached hydrogens (tertiary/aromatic N) is 2. The van der Waals surface area contributed by atoms with Gasteiger partial charge in [-0.3, -0.25) is 19.3 Å². The summed E-state index contributed by atoms with van der Waals surface area (Å²) in [6, 6.07) is 8.01. The molecule has 0 radical (unpaired) electrons. The summed E-state index contributed by atoms with van der Waals surface area (Å²) in [5.41, 5.74) is 2.59. The first-order valence-corrected chi connectivity index (χ1v) is 22.1. The van der Waals surface area contributed by atoms with Gasteiger partial charge in [0.15, 0.2) is 5.78 Å². The van der Waals surface area contributed by atoms with Crippen LogP contribution in [0.5, 0.6) is 0 Å². The normalized spacial score (nSPS) is 34.9. The van der Waals surface area contributed by atoms with Gasteiger partial charge in [-0.15, -0.1) is 0 Å². The van der Waals surface area contributed by atoms with Gasteiger partial charge >= 0.3 is 11.9 Å². The van der Waals surface area contributed by atoms with E-state index in [-0.39, 0.29) is 53.4 Å². The van der Waals surface area contributed by atoms with Crippen molar-refractivity contribution in [3.05, 3.63) is 46.0 Å². The van der Waals surface area contributed by atoms with Crippen LogP contribution in [0.4, 0.5) is 0 Å². The molecule has 2 N–H and O–H groups in total. The van der Waals surface area contributed by atoms with Crippen molar-refractivity contribution in [1.82, 2.24) is 9.80 Å². The molecule has 9 heteroatoms. The number of likely N-dealkylation sites (N-methyl/N-ethyl adjacent to an activating group) is 1. The number of esters is 1. The summed E-state index contributed by atoms with van der Waals surface area (Å²) in [7, 11) is 4.17. The maximum Gasteiger partial charge on any atom is 0.306 e. The Kier molecular flexibility index (Phi) is 12.7. The van der Waals surface area contributed by atoms with E-state index < -0.39 is 22.9 Å². The third kappa shape index (κ3) is 8.29. The fraction of sp³-hybridized carbons (Fsp3) is 0.766. The lowest BCUT2D eigenvalue weighted by Gasteiger charge is -2.67. The summed E-state index contributed by atoms with van der Waals surface area (Å²) in [5.74, 6) is 1.21. The molecule has 0 amide bonds. The second-order valence-corrected chi connectivity index (χ2v) is 21.2. The first-order chi connectivity index (χ1) is 26.2. The number of Topliss-reactive ketones (excluding diaryl/α,β-unsaturated/α-hetero) is 1. The molecule has 4 fully saturated rings. The lowest BCUT2D eigenvalue weighted by molar-refractivity contribution is -0.193. The Bertz CT molecular complexity index is 1660. The van der Waals surface area contributed by atoms with E-state index in [0.717, 1.165) is 76.6 Å². The van der Waals surface area contributed by atoms with Gasteiger partial charge in [0.2, 0.25) is 0 Å². The second kappa shape index (κ2) is 16.4. The Hall–Kier alpha value is -2.26. The number of carboxylic acids is 1. The van der Waals surface area contributed by atoms with Crippen molar-refractivity contribution in [2.75, 3.05) is 33.7 Å². The van der Waals surface area contributed by atoms with E-state index in [1.54, 1.807) is 0 Å². The van der Waals surface area contributed by atoms with E-state index in [4.69, 9.17) is 16.3 Å². The van der Waals surface area contributed by atoms with Crippen LogP contribution in [0.2, 0.25) is 5.02 Å². The number of ether oxygens (including phenoxy) is 1. The number of carbonyl (C=O) groups excluding carboxylic acids is 2. The van der Waals surface area contributed by atoms with Crippen molar-refractivity contribution in [2.45, 2.75) is 138 Å². The highest BCUT2D eigenvalue weighted by Gasteiger charge is 2.66. The van der Waals surface area contributed by atoms with Gasteiger partial charge in [-0.2, -0.15) is 0 Å². The quantitative estimate of drug-likeness (QED) is 0.180. The maximum absolute atomic E-state index is 14.2. The lowest BCUT2D eigenvalue weighted by atomic mass is 9.38. The first kappa shape index (κ1) is 43.3. The number of benzene rings is 1. The van der Waals surface area contributed by atoms with Crippen molar-refractivity contribution in [2.24, 2.45) is 57.2 Å². The number of aliphatic carboxylic acids is 1. The molecule has 0 aliphatic heterocycles. The van der Waals surface area contributed by atoms with E-state index in [1.807, 2.05) is 26.0 Å². The predicted molar refractivity (Wildman–Crippen MR) is 222 cm³/mol. The molecule has 1 aromatic carbocycles. The summed E-state index contributed by atoms with van der Waals surface area (Å²) in [6.07, 6.45) is 7.84.